The summed E-state index contributed by atoms with van der Waals surface area (Å²) in [6.45, 7) is 0.657. The molecular weight excluding hydrogens is 350 g/mol. The van der Waals surface area contributed by atoms with Crippen molar-refractivity contribution in [2.75, 3.05) is 20.8 Å². The number of hydrogen-bond donors (Lipinski definition) is 1. The highest BCUT2D eigenvalue weighted by Crippen LogP contribution is 2.52. The minimum atomic E-state index is 0.202. The summed E-state index contributed by atoms with van der Waals surface area (Å²) in [5.74, 6) is 3.00. The van der Waals surface area contributed by atoms with Crippen molar-refractivity contribution < 1.29 is 14.3 Å². The third-order valence-corrected chi connectivity index (χ3v) is 5.96. The number of amides is 1. The second-order valence-corrected chi connectivity index (χ2v) is 7.76. The highest BCUT2D eigenvalue weighted by atomic mass is 16.5. The van der Waals surface area contributed by atoms with E-state index in [4.69, 9.17) is 9.47 Å². The molecule has 1 amide bonds. The van der Waals surface area contributed by atoms with Gasteiger partial charge in [0.25, 0.3) is 0 Å². The molecule has 0 bridgehead atoms. The molecule has 4 nitrogen and oxygen atoms in total. The first-order valence-corrected chi connectivity index (χ1v) is 10.5. The van der Waals surface area contributed by atoms with Gasteiger partial charge in [0.1, 0.15) is 0 Å². The molecule has 2 aliphatic carbocycles. The topological polar surface area (TPSA) is 47.6 Å². The normalized spacial score (nSPS) is 26.7. The van der Waals surface area contributed by atoms with Gasteiger partial charge in [-0.3, -0.25) is 4.79 Å². The first-order valence-electron chi connectivity index (χ1n) is 10.5. The Morgan fingerprint density at radius 3 is 2.14 bits per heavy atom. The molecule has 0 radical (unpaired) electrons. The van der Waals surface area contributed by atoms with Crippen molar-refractivity contribution in [3.8, 4) is 11.5 Å². The number of methoxy groups -OCH3 is 2. The fraction of sp³-hybridized carbons (Fsp3) is 0.542. The van der Waals surface area contributed by atoms with Crippen LogP contribution in [0, 0.1) is 17.8 Å². The van der Waals surface area contributed by atoms with E-state index in [1.54, 1.807) is 14.2 Å². The van der Waals surface area contributed by atoms with E-state index >= 15 is 0 Å². The molecule has 152 valence electrons. The number of benzene rings is 1. The van der Waals surface area contributed by atoms with Gasteiger partial charge in [0.2, 0.25) is 5.91 Å². The minimum absolute atomic E-state index is 0.202. The van der Waals surface area contributed by atoms with Gasteiger partial charge in [0.15, 0.2) is 11.5 Å². The molecular formula is C24H33NO3. The zero-order valence-electron chi connectivity index (χ0n) is 17.2. The van der Waals surface area contributed by atoms with Crippen LogP contribution in [-0.2, 0) is 11.2 Å². The number of carbonyl (C=O) groups excluding carboxylic acids is 1. The van der Waals surface area contributed by atoms with Gasteiger partial charge in [-0.25, -0.2) is 0 Å². The first kappa shape index (κ1) is 20.5. The third kappa shape index (κ3) is 5.40. The van der Waals surface area contributed by atoms with Crippen molar-refractivity contribution in [2.24, 2.45) is 17.8 Å². The van der Waals surface area contributed by atoms with Gasteiger partial charge in [-0.1, -0.05) is 30.4 Å². The molecule has 28 heavy (non-hydrogen) atoms. The van der Waals surface area contributed by atoms with Crippen LogP contribution in [0.15, 0.2) is 42.5 Å². The Kier molecular flexibility index (Phi) is 7.58. The van der Waals surface area contributed by atoms with Gasteiger partial charge in [0, 0.05) is 12.5 Å². The molecule has 1 aromatic carbocycles. The number of hydrogen-bond acceptors (Lipinski definition) is 3. The number of nitrogens with one attached hydrogen (secondary N) is 1. The molecule has 0 heterocycles. The average Bonchev–Trinajstić information content (AvgIpc) is 3.40. The van der Waals surface area contributed by atoms with Gasteiger partial charge in [-0.2, -0.15) is 0 Å². The molecule has 0 aromatic heterocycles. The SMILES string of the molecule is COc1ccc(CCNC(=O)C2C3CC/C=C\CC/C=C\CCC32)cc1OC. The van der Waals surface area contributed by atoms with Crippen molar-refractivity contribution in [3.05, 3.63) is 48.1 Å². The van der Waals surface area contributed by atoms with Crippen molar-refractivity contribution in [1.82, 2.24) is 5.32 Å². The van der Waals surface area contributed by atoms with Crippen LogP contribution in [0.5, 0.6) is 11.5 Å². The van der Waals surface area contributed by atoms with Crippen LogP contribution in [0.2, 0.25) is 0 Å². The monoisotopic (exact) mass is 383 g/mol. The first-order chi connectivity index (χ1) is 13.7. The lowest BCUT2D eigenvalue weighted by atomic mass is 10.1. The largest absolute Gasteiger partial charge is 0.493 e. The molecule has 0 spiro atoms. The summed E-state index contributed by atoms with van der Waals surface area (Å²) < 4.78 is 10.6. The number of fused-ring (bicyclic) bond motifs is 1. The number of carbonyl (C=O) groups is 1. The molecule has 1 fully saturated rings. The molecule has 4 heteroatoms. The van der Waals surface area contributed by atoms with Crippen molar-refractivity contribution in [2.45, 2.75) is 44.9 Å². The molecule has 3 rings (SSSR count). The smallest absolute Gasteiger partial charge is 0.223 e. The van der Waals surface area contributed by atoms with Gasteiger partial charge in [-0.05, 0) is 74.5 Å². The lowest BCUT2D eigenvalue weighted by Gasteiger charge is -2.10. The van der Waals surface area contributed by atoms with E-state index in [1.165, 1.54) is 0 Å². The highest BCUT2D eigenvalue weighted by molar-refractivity contribution is 5.82. The van der Waals surface area contributed by atoms with Crippen LogP contribution in [0.3, 0.4) is 0 Å². The van der Waals surface area contributed by atoms with Crippen molar-refractivity contribution >= 4 is 5.91 Å². The lowest BCUT2D eigenvalue weighted by molar-refractivity contribution is -0.122. The molecule has 1 saturated carbocycles. The Bertz CT molecular complexity index is 686. The summed E-state index contributed by atoms with van der Waals surface area (Å²) in [7, 11) is 3.28. The molecule has 1 N–H and O–H groups in total. The van der Waals surface area contributed by atoms with E-state index in [0.717, 1.165) is 62.0 Å². The van der Waals surface area contributed by atoms with Crippen molar-refractivity contribution in [3.63, 3.8) is 0 Å². The summed E-state index contributed by atoms with van der Waals surface area (Å²) in [6.07, 6.45) is 16.7. The van der Waals surface area contributed by atoms with Crippen LogP contribution in [-0.4, -0.2) is 26.7 Å². The van der Waals surface area contributed by atoms with Crippen LogP contribution >= 0.6 is 0 Å². The van der Waals surface area contributed by atoms with Crippen LogP contribution < -0.4 is 14.8 Å². The third-order valence-electron chi connectivity index (χ3n) is 5.96. The van der Waals surface area contributed by atoms with Crippen LogP contribution in [0.1, 0.15) is 44.1 Å². The molecule has 1 aromatic rings. The fourth-order valence-electron chi connectivity index (χ4n) is 4.35. The van der Waals surface area contributed by atoms with Gasteiger partial charge < -0.3 is 14.8 Å². The zero-order chi connectivity index (χ0) is 19.8. The van der Waals surface area contributed by atoms with Crippen molar-refractivity contribution in [1.29, 1.82) is 0 Å². The predicted octanol–water partition coefficient (Wildman–Crippen LogP) is 4.69. The quantitative estimate of drug-likeness (QED) is 0.725. The Morgan fingerprint density at radius 1 is 0.929 bits per heavy atom. The maximum atomic E-state index is 12.7. The van der Waals surface area contributed by atoms with E-state index in [-0.39, 0.29) is 11.8 Å². The summed E-state index contributed by atoms with van der Waals surface area (Å²) in [6, 6.07) is 5.92. The molecule has 0 saturated heterocycles. The Balaban J connectivity index is 1.49. The van der Waals surface area contributed by atoms with E-state index in [0.29, 0.717) is 18.4 Å². The molecule has 2 unspecified atom stereocenters. The summed E-state index contributed by atoms with van der Waals surface area (Å²) in [5, 5.41) is 3.17. The Morgan fingerprint density at radius 2 is 1.54 bits per heavy atom. The summed E-state index contributed by atoms with van der Waals surface area (Å²) in [5.41, 5.74) is 1.13. The molecule has 2 atom stereocenters. The maximum absolute atomic E-state index is 12.7. The summed E-state index contributed by atoms with van der Waals surface area (Å²) in [4.78, 5) is 12.7. The van der Waals surface area contributed by atoms with E-state index < -0.39 is 0 Å². The fourth-order valence-corrected chi connectivity index (χ4v) is 4.35. The van der Waals surface area contributed by atoms with Gasteiger partial charge in [-0.15, -0.1) is 0 Å². The number of rotatable bonds is 6. The molecule has 2 aliphatic rings. The second-order valence-electron chi connectivity index (χ2n) is 7.76. The van der Waals surface area contributed by atoms with Crippen LogP contribution in [0.4, 0.5) is 0 Å². The standard InChI is InChI=1S/C24H33NO3/c1-27-21-14-13-18(17-22(21)28-2)15-16-25-24(26)23-19-11-9-7-5-3-4-6-8-10-12-20(19)23/h5-8,13-14,17,19-20,23H,3-4,9-12,15-16H2,1-2H3,(H,25,26)/b7-5-,8-6-. The van der Waals surface area contributed by atoms with Crippen LogP contribution in [0.25, 0.3) is 0 Å². The van der Waals surface area contributed by atoms with E-state index in [2.05, 4.69) is 29.6 Å². The van der Waals surface area contributed by atoms with Gasteiger partial charge in [0.05, 0.1) is 14.2 Å². The Hall–Kier alpha value is -2.23. The average molecular weight is 384 g/mol. The second kappa shape index (κ2) is 10.4. The van der Waals surface area contributed by atoms with E-state index in [1.807, 2.05) is 18.2 Å². The number of ether oxygens (including phenoxy) is 2. The van der Waals surface area contributed by atoms with Gasteiger partial charge >= 0.3 is 0 Å². The number of allylic oxidation sites excluding steroid dienone is 4. The maximum Gasteiger partial charge on any atom is 0.223 e. The predicted molar refractivity (Wildman–Crippen MR) is 113 cm³/mol. The molecule has 0 aliphatic heterocycles. The minimum Gasteiger partial charge on any atom is -0.493 e. The highest BCUT2D eigenvalue weighted by Gasteiger charge is 2.52. The lowest BCUT2D eigenvalue weighted by Crippen LogP contribution is -2.28. The van der Waals surface area contributed by atoms with E-state index in [9.17, 15) is 4.79 Å². The zero-order valence-corrected chi connectivity index (χ0v) is 17.2. The summed E-state index contributed by atoms with van der Waals surface area (Å²) >= 11 is 0. The Labute approximate surface area is 169 Å².